The highest BCUT2D eigenvalue weighted by atomic mass is 127. The number of rotatable bonds is 10. The van der Waals surface area contributed by atoms with Gasteiger partial charge in [0.15, 0.2) is 11.5 Å². The summed E-state index contributed by atoms with van der Waals surface area (Å²) < 4.78 is 25.8. The van der Waals surface area contributed by atoms with Crippen LogP contribution in [0.25, 0.3) is 0 Å². The Morgan fingerprint density at radius 1 is 1.03 bits per heavy atom. The van der Waals surface area contributed by atoms with Gasteiger partial charge in [-0.15, -0.1) is 5.06 Å². The highest BCUT2D eigenvalue weighted by Gasteiger charge is 2.16. The third kappa shape index (κ3) is 7.35. The van der Waals surface area contributed by atoms with E-state index in [-0.39, 0.29) is 5.82 Å². The molecule has 0 amide bonds. The molecule has 7 nitrogen and oxygen atoms in total. The molecule has 0 aliphatic carbocycles. The summed E-state index contributed by atoms with van der Waals surface area (Å²) in [6.07, 6.45) is 2.51. The Hall–Kier alpha value is -2.40. The predicted octanol–water partition coefficient (Wildman–Crippen LogP) is 3.64. The summed E-state index contributed by atoms with van der Waals surface area (Å²) in [7, 11) is 4.65. The minimum Gasteiger partial charge on any atom is -0.493 e. The minimum absolute atomic E-state index is 0.302. The van der Waals surface area contributed by atoms with Crippen molar-refractivity contribution in [3.05, 3.63) is 56.4 Å². The molecular formula is C22H25FINO6. The fourth-order valence-corrected chi connectivity index (χ4v) is 3.96. The van der Waals surface area contributed by atoms with E-state index in [4.69, 9.17) is 14.6 Å². The van der Waals surface area contributed by atoms with Gasteiger partial charge in [-0.1, -0.05) is 6.07 Å². The molecule has 0 saturated heterocycles. The van der Waals surface area contributed by atoms with Crippen molar-refractivity contribution in [2.24, 2.45) is 0 Å². The number of carboxylic acid groups (broad SMARTS) is 1. The Morgan fingerprint density at radius 3 is 2.29 bits per heavy atom. The third-order valence-electron chi connectivity index (χ3n) is 4.65. The van der Waals surface area contributed by atoms with E-state index in [0.717, 1.165) is 20.3 Å². The number of carbonyl (C=O) groups is 2. The topological polar surface area (TPSA) is 85.3 Å². The van der Waals surface area contributed by atoms with Gasteiger partial charge in [0.2, 0.25) is 0 Å². The zero-order chi connectivity index (χ0) is 23.0. The van der Waals surface area contributed by atoms with E-state index in [1.165, 1.54) is 18.2 Å². The molecular weight excluding hydrogens is 520 g/mol. The molecule has 0 spiro atoms. The first-order valence-electron chi connectivity index (χ1n) is 9.59. The lowest BCUT2D eigenvalue weighted by molar-refractivity contribution is -0.192. The summed E-state index contributed by atoms with van der Waals surface area (Å²) in [5.74, 6) is -1.97. The molecule has 2 aromatic rings. The van der Waals surface area contributed by atoms with Gasteiger partial charge < -0.3 is 19.4 Å². The molecule has 0 unspecified atom stereocenters. The second-order valence-corrected chi connectivity index (χ2v) is 7.95. The molecule has 0 aliphatic rings. The number of halogens is 2. The fraction of sp³-hybridized carbons (Fsp3) is 0.364. The van der Waals surface area contributed by atoms with Crippen molar-refractivity contribution in [3.63, 3.8) is 0 Å². The van der Waals surface area contributed by atoms with Crippen molar-refractivity contribution in [2.45, 2.75) is 25.7 Å². The van der Waals surface area contributed by atoms with E-state index < -0.39 is 11.9 Å². The van der Waals surface area contributed by atoms with Crippen LogP contribution >= 0.6 is 22.6 Å². The highest BCUT2D eigenvalue weighted by Crippen LogP contribution is 2.29. The second kappa shape index (κ2) is 11.8. The van der Waals surface area contributed by atoms with Crippen LogP contribution in [-0.4, -0.2) is 49.9 Å². The lowest BCUT2D eigenvalue weighted by Crippen LogP contribution is -2.28. The number of hydrogen-bond acceptors (Lipinski definition) is 6. The van der Waals surface area contributed by atoms with Crippen LogP contribution in [0, 0.1) is 9.39 Å². The Kier molecular flexibility index (Phi) is 9.50. The van der Waals surface area contributed by atoms with Gasteiger partial charge in [-0.3, -0.25) is 0 Å². The molecule has 0 fully saturated rings. The smallest absolute Gasteiger partial charge is 0.436 e. The molecule has 0 heterocycles. The first-order chi connectivity index (χ1) is 14.7. The number of aliphatic carboxylic acids is 1. The summed E-state index contributed by atoms with van der Waals surface area (Å²) >= 11 is 2.22. The Bertz CT molecular complexity index is 936. The van der Waals surface area contributed by atoms with Crippen molar-refractivity contribution in [1.29, 1.82) is 0 Å². The van der Waals surface area contributed by atoms with E-state index in [9.17, 15) is 14.0 Å². The Morgan fingerprint density at radius 2 is 1.68 bits per heavy atom. The Labute approximate surface area is 194 Å². The van der Waals surface area contributed by atoms with Crippen molar-refractivity contribution in [2.75, 3.05) is 27.8 Å². The van der Waals surface area contributed by atoms with Gasteiger partial charge in [-0.05, 0) is 89.2 Å². The number of methoxy groups -OCH3 is 2. The number of nitrogens with zero attached hydrogens (tertiary/aromatic N) is 1. The maximum absolute atomic E-state index is 14.2. The lowest BCUT2D eigenvalue weighted by Gasteiger charge is -2.16. The molecule has 1 N–H and O–H groups in total. The van der Waals surface area contributed by atoms with Crippen LogP contribution in [0.15, 0.2) is 30.3 Å². The maximum atomic E-state index is 14.2. The average molecular weight is 545 g/mol. The third-order valence-corrected chi connectivity index (χ3v) is 6.04. The molecule has 0 bridgehead atoms. The average Bonchev–Trinajstić information content (AvgIpc) is 2.74. The van der Waals surface area contributed by atoms with E-state index >= 15 is 0 Å². The van der Waals surface area contributed by atoms with Crippen molar-refractivity contribution in [1.82, 2.24) is 5.06 Å². The van der Waals surface area contributed by atoms with Gasteiger partial charge in [0, 0.05) is 17.2 Å². The molecule has 9 heteroatoms. The fourth-order valence-electron chi connectivity index (χ4n) is 3.10. The van der Waals surface area contributed by atoms with Crippen molar-refractivity contribution < 1.29 is 33.4 Å². The predicted molar refractivity (Wildman–Crippen MR) is 121 cm³/mol. The van der Waals surface area contributed by atoms with Crippen LogP contribution < -0.4 is 9.47 Å². The second-order valence-electron chi connectivity index (χ2n) is 6.87. The van der Waals surface area contributed by atoms with Gasteiger partial charge >= 0.3 is 11.9 Å². The molecule has 31 heavy (non-hydrogen) atoms. The van der Waals surface area contributed by atoms with Crippen LogP contribution in [0.2, 0.25) is 0 Å². The highest BCUT2D eigenvalue weighted by molar-refractivity contribution is 14.1. The first kappa shape index (κ1) is 24.9. The van der Waals surface area contributed by atoms with E-state index in [2.05, 4.69) is 27.4 Å². The van der Waals surface area contributed by atoms with E-state index in [1.807, 2.05) is 18.2 Å². The molecule has 0 saturated carbocycles. The van der Waals surface area contributed by atoms with Gasteiger partial charge in [-0.25, -0.2) is 14.0 Å². The quantitative estimate of drug-likeness (QED) is 0.277. The number of carboxylic acids is 1. The summed E-state index contributed by atoms with van der Waals surface area (Å²) in [6.45, 7) is 0.326. The molecule has 0 aromatic heterocycles. The van der Waals surface area contributed by atoms with Gasteiger partial charge in [0.05, 0.1) is 14.2 Å². The monoisotopic (exact) mass is 545 g/mol. The minimum atomic E-state index is -1.65. The number of hydrogen-bond donors (Lipinski definition) is 1. The first-order valence-corrected chi connectivity index (χ1v) is 10.7. The lowest BCUT2D eigenvalue weighted by atomic mass is 10.00. The number of benzene rings is 2. The standard InChI is InChI=1S/C22H25FINO6/c1-25(31-22(28)21(26)27)10-4-5-15-12-17(23)13-16(20(15)24)8-6-14-7-9-18(29-2)19(11-14)30-3/h7,9,11-13H,4-6,8,10H2,1-3H3,(H,26,27). The number of hydroxylamine groups is 2. The van der Waals surface area contributed by atoms with E-state index in [0.29, 0.717) is 43.7 Å². The van der Waals surface area contributed by atoms with Crippen LogP contribution in [-0.2, 0) is 33.7 Å². The zero-order valence-electron chi connectivity index (χ0n) is 17.6. The molecule has 2 aromatic carbocycles. The number of carbonyl (C=O) groups excluding carboxylic acids is 1. The summed E-state index contributed by atoms with van der Waals surface area (Å²) in [6, 6.07) is 8.78. The maximum Gasteiger partial charge on any atom is 0.436 e. The molecule has 0 atom stereocenters. The SMILES string of the molecule is COc1ccc(CCc2cc(F)cc(CCCN(C)OC(=O)C(=O)O)c2I)cc1OC. The molecule has 0 radical (unpaired) electrons. The van der Waals surface area contributed by atoms with Gasteiger partial charge in [-0.2, -0.15) is 0 Å². The number of aryl methyl sites for hydroxylation is 3. The summed E-state index contributed by atoms with van der Waals surface area (Å²) in [5.41, 5.74) is 2.83. The molecule has 168 valence electrons. The van der Waals surface area contributed by atoms with Crippen LogP contribution in [0.3, 0.4) is 0 Å². The zero-order valence-corrected chi connectivity index (χ0v) is 19.8. The summed E-state index contributed by atoms with van der Waals surface area (Å²) in [5, 5.41) is 9.73. The summed E-state index contributed by atoms with van der Waals surface area (Å²) in [4.78, 5) is 26.2. The van der Waals surface area contributed by atoms with E-state index in [1.54, 1.807) is 20.3 Å². The van der Waals surface area contributed by atoms with Crippen molar-refractivity contribution >= 4 is 34.5 Å². The van der Waals surface area contributed by atoms with Crippen molar-refractivity contribution in [3.8, 4) is 11.5 Å². The van der Waals surface area contributed by atoms with Crippen LogP contribution in [0.4, 0.5) is 4.39 Å². The molecule has 0 aliphatic heterocycles. The van der Waals surface area contributed by atoms with Gasteiger partial charge in [0.25, 0.3) is 0 Å². The Balaban J connectivity index is 2.00. The van der Waals surface area contributed by atoms with Gasteiger partial charge in [0.1, 0.15) is 5.82 Å². The van der Waals surface area contributed by atoms with Crippen LogP contribution in [0.1, 0.15) is 23.1 Å². The molecule has 2 rings (SSSR count). The normalized spacial score (nSPS) is 10.8. The largest absolute Gasteiger partial charge is 0.493 e. The number of ether oxygens (including phenoxy) is 2. The van der Waals surface area contributed by atoms with Crippen LogP contribution in [0.5, 0.6) is 11.5 Å².